The van der Waals surface area contributed by atoms with E-state index in [0.29, 0.717) is 11.3 Å². The van der Waals surface area contributed by atoms with Crippen LogP contribution in [0.1, 0.15) is 21.8 Å². The Balaban J connectivity index is 2.05. The van der Waals surface area contributed by atoms with E-state index in [0.717, 1.165) is 16.3 Å². The number of amides is 1. The number of rotatable bonds is 6. The van der Waals surface area contributed by atoms with Crippen molar-refractivity contribution in [3.05, 3.63) is 47.3 Å². The molecule has 1 heterocycles. The molecule has 6 nitrogen and oxygen atoms in total. The van der Waals surface area contributed by atoms with Crippen molar-refractivity contribution in [2.24, 2.45) is 5.73 Å². The van der Waals surface area contributed by atoms with Gasteiger partial charge >= 0.3 is 5.97 Å². The second-order valence-electron chi connectivity index (χ2n) is 4.26. The van der Waals surface area contributed by atoms with Crippen molar-refractivity contribution in [3.63, 3.8) is 0 Å². The second kappa shape index (κ2) is 6.94. The summed E-state index contributed by atoms with van der Waals surface area (Å²) in [5, 5.41) is 3.80. The fourth-order valence-electron chi connectivity index (χ4n) is 1.61. The number of aromatic nitrogens is 1. The largest absolute Gasteiger partial charge is 0.452 e. The van der Waals surface area contributed by atoms with Gasteiger partial charge in [0, 0.05) is 11.0 Å². The second-order valence-corrected chi connectivity index (χ2v) is 5.28. The maximum Gasteiger partial charge on any atom is 0.339 e. The number of hydrogen-bond donors (Lipinski definition) is 1. The number of esters is 1. The van der Waals surface area contributed by atoms with E-state index in [9.17, 15) is 9.59 Å². The molecule has 110 valence electrons. The summed E-state index contributed by atoms with van der Waals surface area (Å²) in [6.45, 7) is 1.41. The molecule has 0 fully saturated rings. The maximum absolute atomic E-state index is 11.9. The number of ether oxygens (including phenoxy) is 1. The summed E-state index contributed by atoms with van der Waals surface area (Å²) in [5.41, 5.74) is 6.15. The van der Waals surface area contributed by atoms with E-state index in [1.165, 1.54) is 11.8 Å². The van der Waals surface area contributed by atoms with Crippen molar-refractivity contribution in [2.45, 2.75) is 17.6 Å². The lowest BCUT2D eigenvalue weighted by Crippen LogP contribution is -2.21. The minimum absolute atomic E-state index is 0.389. The molecular weight excluding hydrogens is 292 g/mol. The Hall–Kier alpha value is -2.28. The predicted molar refractivity (Wildman–Crippen MR) is 76.7 cm³/mol. The Morgan fingerprint density at radius 1 is 1.38 bits per heavy atom. The zero-order valence-electron chi connectivity index (χ0n) is 11.4. The molecule has 1 aromatic carbocycles. The van der Waals surface area contributed by atoms with Crippen LogP contribution in [0.4, 0.5) is 0 Å². The molecule has 0 aliphatic carbocycles. The third-order valence-corrected chi connectivity index (χ3v) is 3.60. The number of benzene rings is 1. The minimum Gasteiger partial charge on any atom is -0.452 e. The average Bonchev–Trinajstić information content (AvgIpc) is 2.88. The highest BCUT2D eigenvalue weighted by Crippen LogP contribution is 2.27. The van der Waals surface area contributed by atoms with Gasteiger partial charge in [0.15, 0.2) is 6.61 Å². The van der Waals surface area contributed by atoms with Gasteiger partial charge in [0.2, 0.25) is 0 Å². The molecule has 0 spiro atoms. The molecule has 0 saturated heterocycles. The first-order valence-corrected chi connectivity index (χ1v) is 7.14. The summed E-state index contributed by atoms with van der Waals surface area (Å²) in [6.07, 6.45) is 0. The van der Waals surface area contributed by atoms with E-state index < -0.39 is 18.5 Å². The van der Waals surface area contributed by atoms with Crippen LogP contribution >= 0.6 is 11.8 Å². The highest BCUT2D eigenvalue weighted by Gasteiger charge is 2.14. The van der Waals surface area contributed by atoms with Crippen molar-refractivity contribution in [3.8, 4) is 0 Å². The quantitative estimate of drug-likeness (QED) is 0.647. The number of carbonyl (C=O) groups is 2. The molecule has 2 N–H and O–H groups in total. The highest BCUT2D eigenvalue weighted by molar-refractivity contribution is 7.98. The van der Waals surface area contributed by atoms with Crippen LogP contribution < -0.4 is 5.73 Å². The lowest BCUT2D eigenvalue weighted by Gasteiger charge is -2.07. The van der Waals surface area contributed by atoms with Crippen LogP contribution in [0, 0.1) is 6.92 Å². The summed E-state index contributed by atoms with van der Waals surface area (Å²) >= 11 is 1.43. The summed E-state index contributed by atoms with van der Waals surface area (Å²) in [7, 11) is 0. The number of primary amides is 1. The Morgan fingerprint density at radius 3 is 2.81 bits per heavy atom. The van der Waals surface area contributed by atoms with Crippen molar-refractivity contribution < 1.29 is 18.8 Å². The van der Waals surface area contributed by atoms with Crippen molar-refractivity contribution in [1.82, 2.24) is 5.16 Å². The molecule has 7 heteroatoms. The monoisotopic (exact) mass is 306 g/mol. The molecule has 1 amide bonds. The summed E-state index contributed by atoms with van der Waals surface area (Å²) in [5.74, 6) is -0.00454. The molecule has 0 unspecified atom stereocenters. The SMILES string of the molecule is Cc1cc(CSc2ccccc2C(=O)OCC(N)=O)on1. The standard InChI is InChI=1S/C14H14N2O4S/c1-9-6-10(20-16-9)8-21-12-5-3-2-4-11(12)14(18)19-7-13(15)17/h2-6H,7-8H2,1H3,(H2,15,17). The van der Waals surface area contributed by atoms with E-state index in [1.54, 1.807) is 18.2 Å². The Kier molecular flexibility index (Phi) is 4.99. The molecule has 21 heavy (non-hydrogen) atoms. The van der Waals surface area contributed by atoms with Gasteiger partial charge in [-0.15, -0.1) is 11.8 Å². The maximum atomic E-state index is 11.9. The molecule has 2 rings (SSSR count). The topological polar surface area (TPSA) is 95.4 Å². The number of aryl methyl sites for hydroxylation is 1. The lowest BCUT2D eigenvalue weighted by molar-refractivity contribution is -0.121. The number of hydrogen-bond acceptors (Lipinski definition) is 6. The number of nitrogens with two attached hydrogens (primary N) is 1. The summed E-state index contributed by atoms with van der Waals surface area (Å²) in [4.78, 5) is 23.3. The van der Waals surface area contributed by atoms with Crippen molar-refractivity contribution in [2.75, 3.05) is 6.61 Å². The first-order chi connectivity index (χ1) is 10.1. The predicted octanol–water partition coefficient (Wildman–Crippen LogP) is 1.92. The van der Waals surface area contributed by atoms with E-state index in [4.69, 9.17) is 15.0 Å². The fourth-order valence-corrected chi connectivity index (χ4v) is 2.52. The first-order valence-electron chi connectivity index (χ1n) is 6.15. The Bertz CT molecular complexity index is 654. The van der Waals surface area contributed by atoms with E-state index in [2.05, 4.69) is 5.16 Å². The minimum atomic E-state index is -0.689. The summed E-state index contributed by atoms with van der Waals surface area (Å²) in [6, 6.07) is 8.81. The molecule has 1 aromatic heterocycles. The molecule has 0 saturated carbocycles. The molecular formula is C14H14N2O4S. The van der Waals surface area contributed by atoms with E-state index >= 15 is 0 Å². The van der Waals surface area contributed by atoms with Crippen LogP contribution in [0.5, 0.6) is 0 Å². The lowest BCUT2D eigenvalue weighted by atomic mass is 10.2. The number of nitrogens with zero attached hydrogens (tertiary/aromatic N) is 1. The molecule has 0 atom stereocenters. The summed E-state index contributed by atoms with van der Waals surface area (Å²) < 4.78 is 9.94. The van der Waals surface area contributed by atoms with Crippen LogP contribution in [0.25, 0.3) is 0 Å². The highest BCUT2D eigenvalue weighted by atomic mass is 32.2. The van der Waals surface area contributed by atoms with Crippen LogP contribution in [-0.2, 0) is 15.3 Å². The molecule has 0 aliphatic heterocycles. The van der Waals surface area contributed by atoms with Gasteiger partial charge in [-0.25, -0.2) is 4.79 Å². The van der Waals surface area contributed by atoms with Gasteiger partial charge < -0.3 is 15.0 Å². The van der Waals surface area contributed by atoms with Gasteiger partial charge in [-0.1, -0.05) is 17.3 Å². The molecule has 0 aliphatic rings. The average molecular weight is 306 g/mol. The number of carbonyl (C=O) groups excluding carboxylic acids is 2. The van der Waals surface area contributed by atoms with Crippen LogP contribution in [-0.4, -0.2) is 23.6 Å². The van der Waals surface area contributed by atoms with Crippen LogP contribution in [0.3, 0.4) is 0 Å². The van der Waals surface area contributed by atoms with Gasteiger partial charge in [0.1, 0.15) is 5.76 Å². The molecule has 0 bridgehead atoms. The zero-order valence-corrected chi connectivity index (χ0v) is 12.2. The smallest absolute Gasteiger partial charge is 0.339 e. The van der Waals surface area contributed by atoms with Gasteiger partial charge in [-0.2, -0.15) is 0 Å². The molecule has 0 radical (unpaired) electrons. The Morgan fingerprint density at radius 2 is 2.14 bits per heavy atom. The van der Waals surface area contributed by atoms with Crippen LogP contribution in [0.15, 0.2) is 39.8 Å². The molecule has 2 aromatic rings. The van der Waals surface area contributed by atoms with Crippen molar-refractivity contribution >= 4 is 23.6 Å². The van der Waals surface area contributed by atoms with Crippen molar-refractivity contribution in [1.29, 1.82) is 0 Å². The van der Waals surface area contributed by atoms with Gasteiger partial charge in [-0.3, -0.25) is 4.79 Å². The van der Waals surface area contributed by atoms with Crippen LogP contribution in [0.2, 0.25) is 0 Å². The first kappa shape index (κ1) is 15.1. The van der Waals surface area contributed by atoms with E-state index in [1.807, 2.05) is 19.1 Å². The number of thioether (sulfide) groups is 1. The zero-order chi connectivity index (χ0) is 15.2. The third-order valence-electron chi connectivity index (χ3n) is 2.50. The van der Waals surface area contributed by atoms with E-state index in [-0.39, 0.29) is 0 Å². The third kappa shape index (κ3) is 4.35. The Labute approximate surface area is 125 Å². The van der Waals surface area contributed by atoms with Gasteiger partial charge in [0.25, 0.3) is 5.91 Å². The van der Waals surface area contributed by atoms with Gasteiger partial charge in [-0.05, 0) is 19.1 Å². The van der Waals surface area contributed by atoms with Gasteiger partial charge in [0.05, 0.1) is 17.0 Å². The fraction of sp³-hybridized carbons (Fsp3) is 0.214. The normalized spacial score (nSPS) is 10.3.